The normalized spacial score (nSPS) is 10.4. The number of benzene rings is 3. The van der Waals surface area contributed by atoms with Crippen LogP contribution in [-0.4, -0.2) is 30.6 Å². The molecule has 33 heavy (non-hydrogen) atoms. The fourth-order valence-electron chi connectivity index (χ4n) is 2.62. The van der Waals surface area contributed by atoms with Crippen LogP contribution >= 0.6 is 11.6 Å². The Morgan fingerprint density at radius 1 is 0.909 bits per heavy atom. The predicted molar refractivity (Wildman–Crippen MR) is 129 cm³/mol. The van der Waals surface area contributed by atoms with Crippen molar-refractivity contribution in [2.75, 3.05) is 12.8 Å². The van der Waals surface area contributed by atoms with E-state index in [1.165, 1.54) is 0 Å². The first-order valence-electron chi connectivity index (χ1n) is 10.0. The molecule has 3 aromatic rings. The van der Waals surface area contributed by atoms with Crippen LogP contribution in [0.4, 0.5) is 5.69 Å². The summed E-state index contributed by atoms with van der Waals surface area (Å²) in [4.78, 5) is 34.4. The molecule has 0 fully saturated rings. The number of aldehydes is 1. The zero-order valence-electron chi connectivity index (χ0n) is 18.6. The van der Waals surface area contributed by atoms with Crippen molar-refractivity contribution in [2.45, 2.75) is 19.4 Å². The van der Waals surface area contributed by atoms with Gasteiger partial charge in [0.25, 0.3) is 5.91 Å². The molecule has 0 bridgehead atoms. The van der Waals surface area contributed by atoms with Crippen LogP contribution in [0.1, 0.15) is 40.1 Å². The Morgan fingerprint density at radius 2 is 1.42 bits per heavy atom. The van der Waals surface area contributed by atoms with Crippen molar-refractivity contribution in [3.8, 4) is 5.75 Å². The number of carbonyl (C=O) groups is 3. The fourth-order valence-corrected chi connectivity index (χ4v) is 2.75. The van der Waals surface area contributed by atoms with Crippen LogP contribution in [-0.2, 0) is 4.79 Å². The molecule has 0 aliphatic rings. The number of hydrogen-bond acceptors (Lipinski definition) is 6. The summed E-state index contributed by atoms with van der Waals surface area (Å²) >= 11 is 5.83. The van der Waals surface area contributed by atoms with E-state index in [0.29, 0.717) is 33.1 Å². The molecule has 4 N–H and O–H groups in total. The second kappa shape index (κ2) is 11.8. The van der Waals surface area contributed by atoms with Crippen LogP contribution < -0.4 is 21.3 Å². The van der Waals surface area contributed by atoms with Crippen LogP contribution in [0.2, 0.25) is 5.02 Å². The lowest BCUT2D eigenvalue weighted by atomic mass is 10.0. The van der Waals surface area contributed by atoms with Gasteiger partial charge in [-0.15, -0.1) is 0 Å². The Balaban J connectivity index is 0.000000357. The monoisotopic (exact) mass is 467 g/mol. The van der Waals surface area contributed by atoms with E-state index in [0.717, 1.165) is 6.29 Å². The highest BCUT2D eigenvalue weighted by molar-refractivity contribution is 6.30. The van der Waals surface area contributed by atoms with Crippen molar-refractivity contribution >= 4 is 35.3 Å². The average Bonchev–Trinajstić information content (AvgIpc) is 2.80. The minimum atomic E-state index is -1.05. The lowest BCUT2D eigenvalue weighted by Gasteiger charge is -2.25. The van der Waals surface area contributed by atoms with Gasteiger partial charge in [0, 0.05) is 34.4 Å². The molecule has 0 saturated heterocycles. The number of nitrogens with two attached hydrogens (primary N) is 1. The number of nitrogens with one attached hydrogen (secondary N) is 2. The van der Waals surface area contributed by atoms with Crippen LogP contribution in [0.15, 0.2) is 72.8 Å². The summed E-state index contributed by atoms with van der Waals surface area (Å²) in [6, 6.07) is 20.1. The molecule has 0 aliphatic heterocycles. The predicted octanol–water partition coefficient (Wildman–Crippen LogP) is 4.06. The van der Waals surface area contributed by atoms with Crippen molar-refractivity contribution in [3.63, 3.8) is 0 Å². The van der Waals surface area contributed by atoms with Crippen molar-refractivity contribution in [1.82, 2.24) is 10.9 Å². The number of amides is 1. The second-order valence-corrected chi connectivity index (χ2v) is 7.90. The molecule has 0 unspecified atom stereocenters. The van der Waals surface area contributed by atoms with Gasteiger partial charge in [0.05, 0.1) is 0 Å². The van der Waals surface area contributed by atoms with Gasteiger partial charge in [-0.2, -0.15) is 0 Å². The third-order valence-electron chi connectivity index (χ3n) is 4.45. The smallest absolute Gasteiger partial charge is 0.277 e. The quantitative estimate of drug-likeness (QED) is 0.209. The van der Waals surface area contributed by atoms with E-state index in [2.05, 4.69) is 10.9 Å². The van der Waals surface area contributed by atoms with E-state index in [9.17, 15) is 14.4 Å². The molecule has 3 aromatic carbocycles. The number of anilines is 1. The van der Waals surface area contributed by atoms with Gasteiger partial charge in [-0.1, -0.05) is 11.6 Å². The fraction of sp³-hybridized carbons (Fsp3) is 0.160. The number of rotatable bonds is 7. The number of hydrogen-bond donors (Lipinski definition) is 3. The molecule has 0 saturated carbocycles. The van der Waals surface area contributed by atoms with E-state index in [1.54, 1.807) is 93.7 Å². The van der Waals surface area contributed by atoms with Gasteiger partial charge in [0.15, 0.2) is 11.4 Å². The summed E-state index contributed by atoms with van der Waals surface area (Å²) in [6.07, 6.45) is 0.791. The lowest BCUT2D eigenvalue weighted by Crippen LogP contribution is -2.50. The lowest BCUT2D eigenvalue weighted by molar-refractivity contribution is -0.135. The molecule has 7 nitrogen and oxygen atoms in total. The maximum Gasteiger partial charge on any atom is 0.277 e. The van der Waals surface area contributed by atoms with Gasteiger partial charge in [0.2, 0.25) is 0 Å². The summed E-state index contributed by atoms with van der Waals surface area (Å²) in [5.74, 6) is 0.0932. The van der Waals surface area contributed by atoms with Gasteiger partial charge in [-0.05, 0) is 86.6 Å². The SMILES string of the molecule is CNNC(=O)C(C)(C)Oc1ccc(C(=O)c2ccc(Cl)cc2)cc1.Nc1ccc(C=O)cc1. The Morgan fingerprint density at radius 3 is 1.91 bits per heavy atom. The number of carbonyl (C=O) groups excluding carboxylic acids is 3. The molecule has 0 heterocycles. The van der Waals surface area contributed by atoms with Gasteiger partial charge >= 0.3 is 0 Å². The zero-order chi connectivity index (χ0) is 24.4. The van der Waals surface area contributed by atoms with Crippen molar-refractivity contribution < 1.29 is 19.1 Å². The van der Waals surface area contributed by atoms with Crippen LogP contribution in [0, 0.1) is 0 Å². The summed E-state index contributed by atoms with van der Waals surface area (Å²) in [5.41, 5.74) is 11.8. The van der Waals surface area contributed by atoms with Gasteiger partial charge in [-0.25, -0.2) is 5.43 Å². The molecule has 172 valence electrons. The van der Waals surface area contributed by atoms with E-state index < -0.39 is 5.60 Å². The molecule has 3 rings (SSSR count). The molecule has 0 atom stereocenters. The maximum absolute atomic E-state index is 12.4. The minimum Gasteiger partial charge on any atom is -0.478 e. The first-order chi connectivity index (χ1) is 15.7. The Kier molecular flexibility index (Phi) is 9.15. The summed E-state index contributed by atoms with van der Waals surface area (Å²) in [7, 11) is 1.60. The van der Waals surface area contributed by atoms with Gasteiger partial charge in [0.1, 0.15) is 12.0 Å². The molecule has 0 aliphatic carbocycles. The molecule has 8 heteroatoms. The van der Waals surface area contributed by atoms with E-state index in [4.69, 9.17) is 22.1 Å². The van der Waals surface area contributed by atoms with Crippen LogP contribution in [0.5, 0.6) is 5.75 Å². The topological polar surface area (TPSA) is 111 Å². The Hall–Kier alpha value is -3.68. The molecule has 0 aromatic heterocycles. The maximum atomic E-state index is 12.4. The number of ether oxygens (including phenoxy) is 1. The van der Waals surface area contributed by atoms with Crippen molar-refractivity contribution in [2.24, 2.45) is 0 Å². The first kappa shape index (κ1) is 25.6. The van der Waals surface area contributed by atoms with Crippen molar-refractivity contribution in [3.05, 3.63) is 94.5 Å². The summed E-state index contributed by atoms with van der Waals surface area (Å²) < 4.78 is 5.69. The Bertz CT molecular complexity index is 1080. The van der Waals surface area contributed by atoms with E-state index >= 15 is 0 Å². The van der Waals surface area contributed by atoms with E-state index in [-0.39, 0.29) is 11.7 Å². The van der Waals surface area contributed by atoms with Crippen LogP contribution in [0.3, 0.4) is 0 Å². The standard InChI is InChI=1S/C18H19ClN2O3.C7H7NO/c1-18(2,17(23)21-20-3)24-15-10-6-13(7-11-15)16(22)12-4-8-14(19)9-5-12;8-7-3-1-6(5-9)2-4-7/h4-11,20H,1-3H3,(H,21,23);1-5H,8H2. The average molecular weight is 468 g/mol. The number of nitrogen functional groups attached to an aromatic ring is 1. The third-order valence-corrected chi connectivity index (χ3v) is 4.71. The third kappa shape index (κ3) is 7.75. The molecular formula is C25H26ClN3O4. The number of hydrazine groups is 1. The van der Waals surface area contributed by atoms with Crippen molar-refractivity contribution in [1.29, 1.82) is 0 Å². The first-order valence-corrected chi connectivity index (χ1v) is 10.4. The highest BCUT2D eigenvalue weighted by Gasteiger charge is 2.29. The Labute approximate surface area is 197 Å². The second-order valence-electron chi connectivity index (χ2n) is 7.46. The molecule has 1 amide bonds. The number of ketones is 1. The molecule has 0 radical (unpaired) electrons. The largest absolute Gasteiger partial charge is 0.478 e. The number of halogens is 1. The zero-order valence-corrected chi connectivity index (χ0v) is 19.3. The minimum absolute atomic E-state index is 0.106. The summed E-state index contributed by atoms with van der Waals surface area (Å²) in [6.45, 7) is 3.32. The van der Waals surface area contributed by atoms with Crippen LogP contribution in [0.25, 0.3) is 0 Å². The highest BCUT2D eigenvalue weighted by Crippen LogP contribution is 2.21. The summed E-state index contributed by atoms with van der Waals surface area (Å²) in [5, 5.41) is 0.581. The highest BCUT2D eigenvalue weighted by atomic mass is 35.5. The molecular weight excluding hydrogens is 442 g/mol. The van der Waals surface area contributed by atoms with Gasteiger partial charge < -0.3 is 10.5 Å². The molecule has 0 spiro atoms. The van der Waals surface area contributed by atoms with E-state index in [1.807, 2.05) is 0 Å². The van der Waals surface area contributed by atoms with Gasteiger partial charge in [-0.3, -0.25) is 19.8 Å².